The zero-order valence-electron chi connectivity index (χ0n) is 24.3. The number of aromatic nitrogens is 4. The number of carbonyl (C=O) groups excluding carboxylic acids is 1. The van der Waals surface area contributed by atoms with Crippen LogP contribution in [0.15, 0.2) is 27.9 Å². The van der Waals surface area contributed by atoms with Gasteiger partial charge in [-0.2, -0.15) is 4.31 Å². The number of amides is 1. The lowest BCUT2D eigenvalue weighted by molar-refractivity contribution is -0.136. The minimum atomic E-state index is -3.95. The Balaban J connectivity index is 1.52. The molecule has 2 aliphatic rings. The van der Waals surface area contributed by atoms with E-state index in [0.717, 1.165) is 6.42 Å². The molecule has 1 aromatic carbocycles. The van der Waals surface area contributed by atoms with Crippen LogP contribution in [0.25, 0.3) is 16.9 Å². The van der Waals surface area contributed by atoms with Gasteiger partial charge in [0.15, 0.2) is 11.3 Å². The number of aromatic amines is 1. The molecule has 1 N–H and O–H groups in total. The second-order valence-electron chi connectivity index (χ2n) is 11.1. The van der Waals surface area contributed by atoms with Crippen molar-refractivity contribution in [3.05, 3.63) is 40.1 Å². The van der Waals surface area contributed by atoms with E-state index in [0.29, 0.717) is 60.9 Å². The first kappa shape index (κ1) is 29.2. The summed E-state index contributed by atoms with van der Waals surface area (Å²) in [5.41, 5.74) is 0.195. The van der Waals surface area contributed by atoms with Crippen molar-refractivity contribution in [3.8, 4) is 17.1 Å². The topological polar surface area (TPSA) is 139 Å². The van der Waals surface area contributed by atoms with Crippen molar-refractivity contribution in [1.82, 2.24) is 28.8 Å². The number of imidazole rings is 1. The lowest BCUT2D eigenvalue weighted by Gasteiger charge is -2.39. The third-order valence-corrected chi connectivity index (χ3v) is 9.54. The minimum Gasteiger partial charge on any atom is -0.493 e. The van der Waals surface area contributed by atoms with Crippen molar-refractivity contribution in [1.29, 1.82) is 0 Å². The zero-order chi connectivity index (χ0) is 29.5. The van der Waals surface area contributed by atoms with Gasteiger partial charge in [0.25, 0.3) is 5.56 Å². The first-order valence-electron chi connectivity index (χ1n) is 14.2. The molecule has 2 saturated heterocycles. The molecule has 5 rings (SSSR count). The molecule has 0 bridgehead atoms. The number of nitrogens with one attached hydrogen (secondary N) is 1. The van der Waals surface area contributed by atoms with Crippen molar-refractivity contribution in [2.45, 2.75) is 64.4 Å². The molecule has 1 unspecified atom stereocenters. The number of hydrogen-bond donors (Lipinski definition) is 1. The molecule has 12 nitrogen and oxygen atoms in total. The molecule has 1 spiro atoms. The molecule has 4 heterocycles. The Hall–Kier alpha value is -3.29. The van der Waals surface area contributed by atoms with Gasteiger partial charge in [0.1, 0.15) is 17.2 Å². The van der Waals surface area contributed by atoms with Gasteiger partial charge in [0.2, 0.25) is 15.9 Å². The smallest absolute Gasteiger partial charge is 0.277 e. The van der Waals surface area contributed by atoms with Crippen LogP contribution in [0.5, 0.6) is 5.75 Å². The number of rotatable bonds is 8. The lowest BCUT2D eigenvalue weighted by atomic mass is 10.0. The van der Waals surface area contributed by atoms with E-state index in [1.807, 2.05) is 27.7 Å². The number of nitrogens with zero attached hydrogens (tertiary/aromatic N) is 5. The molecule has 0 radical (unpaired) electrons. The number of aryl methyl sites for hydroxylation is 2. The molecular weight excluding hydrogens is 548 g/mol. The van der Waals surface area contributed by atoms with E-state index in [9.17, 15) is 18.0 Å². The maximum Gasteiger partial charge on any atom is 0.277 e. The van der Waals surface area contributed by atoms with E-state index in [1.165, 1.54) is 16.4 Å². The van der Waals surface area contributed by atoms with Gasteiger partial charge in [-0.25, -0.2) is 17.9 Å². The van der Waals surface area contributed by atoms with Crippen molar-refractivity contribution in [2.75, 3.05) is 39.4 Å². The maximum absolute atomic E-state index is 14.0. The second-order valence-corrected chi connectivity index (χ2v) is 13.0. The van der Waals surface area contributed by atoms with E-state index < -0.39 is 15.6 Å². The number of morpholine rings is 1. The predicted octanol–water partition coefficient (Wildman–Crippen LogP) is 2.39. The summed E-state index contributed by atoms with van der Waals surface area (Å²) in [6.45, 7) is 11.1. The average molecular weight is 587 g/mol. The Kier molecular flexibility index (Phi) is 7.96. The van der Waals surface area contributed by atoms with Crippen LogP contribution in [0.2, 0.25) is 0 Å². The van der Waals surface area contributed by atoms with E-state index in [2.05, 4.69) is 15.1 Å². The highest BCUT2D eigenvalue weighted by Crippen LogP contribution is 2.35. The Morgan fingerprint density at radius 1 is 1.22 bits per heavy atom. The van der Waals surface area contributed by atoms with E-state index in [1.54, 1.807) is 22.4 Å². The largest absolute Gasteiger partial charge is 0.493 e. The molecule has 13 heteroatoms. The third-order valence-electron chi connectivity index (χ3n) is 7.70. The molecule has 2 aliphatic heterocycles. The number of likely N-dealkylation sites (tertiary alicyclic amines) is 1. The van der Waals surface area contributed by atoms with Crippen LogP contribution in [-0.4, -0.2) is 88.1 Å². The van der Waals surface area contributed by atoms with Crippen molar-refractivity contribution in [3.63, 3.8) is 0 Å². The highest BCUT2D eigenvalue weighted by Gasteiger charge is 2.47. The Morgan fingerprint density at radius 2 is 2.00 bits per heavy atom. The fourth-order valence-electron chi connectivity index (χ4n) is 5.69. The van der Waals surface area contributed by atoms with Gasteiger partial charge in [-0.1, -0.05) is 20.8 Å². The fourth-order valence-corrected chi connectivity index (χ4v) is 7.21. The van der Waals surface area contributed by atoms with Gasteiger partial charge in [-0.15, -0.1) is 5.10 Å². The molecule has 0 aliphatic carbocycles. The van der Waals surface area contributed by atoms with Crippen molar-refractivity contribution < 1.29 is 22.7 Å². The molecule has 3 aromatic rings. The van der Waals surface area contributed by atoms with Crippen LogP contribution in [0, 0.1) is 12.8 Å². The van der Waals surface area contributed by atoms with Crippen LogP contribution in [0.1, 0.15) is 52.1 Å². The molecule has 2 aromatic heterocycles. The molecule has 2 fully saturated rings. The Morgan fingerprint density at radius 3 is 2.71 bits per heavy atom. The second kappa shape index (κ2) is 11.2. The molecule has 1 amide bonds. The minimum absolute atomic E-state index is 0.0373. The third kappa shape index (κ3) is 5.38. The number of ether oxygens (including phenoxy) is 2. The predicted molar refractivity (Wildman–Crippen MR) is 152 cm³/mol. The van der Waals surface area contributed by atoms with Crippen LogP contribution in [0.3, 0.4) is 0 Å². The summed E-state index contributed by atoms with van der Waals surface area (Å²) in [5.74, 6) is 1.15. The summed E-state index contributed by atoms with van der Waals surface area (Å²) < 4.78 is 42.8. The normalized spacial score (nSPS) is 20.0. The monoisotopic (exact) mass is 586 g/mol. The number of carbonyl (C=O) groups is 1. The number of hydrogen-bond acceptors (Lipinski definition) is 8. The number of benzene rings is 1. The van der Waals surface area contributed by atoms with Crippen LogP contribution < -0.4 is 10.3 Å². The van der Waals surface area contributed by atoms with Gasteiger partial charge < -0.3 is 19.4 Å². The molecule has 222 valence electrons. The first-order valence-corrected chi connectivity index (χ1v) is 15.6. The van der Waals surface area contributed by atoms with Crippen LogP contribution in [0.4, 0.5) is 0 Å². The van der Waals surface area contributed by atoms with Gasteiger partial charge in [-0.3, -0.25) is 9.59 Å². The van der Waals surface area contributed by atoms with Crippen molar-refractivity contribution in [2.24, 2.45) is 5.92 Å². The average Bonchev–Trinajstić information content (AvgIpc) is 3.49. The quantitative estimate of drug-likeness (QED) is 0.425. The van der Waals surface area contributed by atoms with Gasteiger partial charge in [0, 0.05) is 32.0 Å². The lowest BCUT2D eigenvalue weighted by Crippen LogP contribution is -2.55. The summed E-state index contributed by atoms with van der Waals surface area (Å²) in [4.78, 5) is 34.8. The molecule has 1 atom stereocenters. The maximum atomic E-state index is 14.0. The molecular formula is C28H38N6O6S. The van der Waals surface area contributed by atoms with E-state index >= 15 is 0 Å². The Labute approximate surface area is 239 Å². The summed E-state index contributed by atoms with van der Waals surface area (Å²) in [7, 11) is -3.95. The SMILES string of the molecule is CCCc1nc(C)c2c(=O)[nH]c(-c3cc(S(=O)(=O)N4CCOC5(CCN(C(=O)C(C)C)C5)C4)ccc3OCC)nn12. The van der Waals surface area contributed by atoms with Gasteiger partial charge in [-0.05, 0) is 44.9 Å². The summed E-state index contributed by atoms with van der Waals surface area (Å²) in [6.07, 6.45) is 2.03. The number of sulfonamides is 1. The first-order chi connectivity index (χ1) is 19.5. The summed E-state index contributed by atoms with van der Waals surface area (Å²) in [6, 6.07) is 4.60. The zero-order valence-corrected chi connectivity index (χ0v) is 25.1. The number of fused-ring (bicyclic) bond motifs is 1. The highest BCUT2D eigenvalue weighted by atomic mass is 32.2. The standard InChI is InChI=1S/C28H38N6O6S/c1-6-8-23-29-19(5)24-26(35)30-25(31-34(23)24)21-15-20(9-10-22(21)39-7-2)41(37,38)33-13-14-40-28(17-33)11-12-32(16-28)27(36)18(3)4/h9-10,15,18H,6-8,11-14,16-17H2,1-5H3,(H,30,31,35). The Bertz CT molecular complexity index is 1630. The van der Waals surface area contributed by atoms with Crippen LogP contribution in [-0.2, 0) is 26.0 Å². The highest BCUT2D eigenvalue weighted by molar-refractivity contribution is 7.89. The fraction of sp³-hybridized carbons (Fsp3) is 0.571. The van der Waals surface area contributed by atoms with Crippen molar-refractivity contribution >= 4 is 21.4 Å². The molecule has 0 saturated carbocycles. The van der Waals surface area contributed by atoms with Gasteiger partial charge >= 0.3 is 0 Å². The number of H-pyrrole nitrogens is 1. The van der Waals surface area contributed by atoms with Crippen LogP contribution >= 0.6 is 0 Å². The van der Waals surface area contributed by atoms with E-state index in [4.69, 9.17) is 9.47 Å². The molecule has 41 heavy (non-hydrogen) atoms. The summed E-state index contributed by atoms with van der Waals surface area (Å²) in [5, 5.41) is 4.67. The summed E-state index contributed by atoms with van der Waals surface area (Å²) >= 11 is 0. The van der Waals surface area contributed by atoms with E-state index in [-0.39, 0.29) is 47.8 Å². The van der Waals surface area contributed by atoms with Gasteiger partial charge in [0.05, 0.1) is 35.9 Å².